The molecular formula is C12H13F3N4. The fraction of sp³-hybridized carbons (Fsp3) is 0.333. The number of aryl methyl sites for hydroxylation is 1. The molecule has 2 aromatic heterocycles. The van der Waals surface area contributed by atoms with Gasteiger partial charge >= 0.3 is 6.18 Å². The second kappa shape index (κ2) is 4.91. The van der Waals surface area contributed by atoms with E-state index in [1.807, 2.05) is 13.8 Å². The van der Waals surface area contributed by atoms with E-state index in [0.29, 0.717) is 12.4 Å². The first-order valence-electron chi connectivity index (χ1n) is 5.65. The quantitative estimate of drug-likeness (QED) is 0.901. The van der Waals surface area contributed by atoms with Crippen LogP contribution in [-0.2, 0) is 12.7 Å². The number of aromatic nitrogens is 3. The Hall–Kier alpha value is -2.05. The Morgan fingerprint density at radius 2 is 2.00 bits per heavy atom. The van der Waals surface area contributed by atoms with E-state index < -0.39 is 11.7 Å². The normalized spacial score (nSPS) is 11.6. The molecule has 0 radical (unpaired) electrons. The molecule has 2 N–H and O–H groups in total. The maximum absolute atomic E-state index is 12.4. The Bertz CT molecular complexity index is 557. The predicted molar refractivity (Wildman–Crippen MR) is 64.6 cm³/mol. The lowest BCUT2D eigenvalue weighted by Gasteiger charge is -2.08. The van der Waals surface area contributed by atoms with Crippen molar-refractivity contribution < 1.29 is 13.2 Å². The third kappa shape index (κ3) is 3.04. The summed E-state index contributed by atoms with van der Waals surface area (Å²) >= 11 is 0. The topological polar surface area (TPSA) is 53.6 Å². The molecule has 0 saturated carbocycles. The number of H-pyrrole nitrogens is 1. The summed E-state index contributed by atoms with van der Waals surface area (Å²) in [5.74, 6) is 0.382. The van der Waals surface area contributed by atoms with Gasteiger partial charge in [-0.05, 0) is 31.5 Å². The maximum atomic E-state index is 12.4. The zero-order valence-corrected chi connectivity index (χ0v) is 10.5. The molecule has 0 aliphatic carbocycles. The number of aromatic amines is 1. The second-order valence-corrected chi connectivity index (χ2v) is 4.20. The molecule has 0 aliphatic heterocycles. The lowest BCUT2D eigenvalue weighted by molar-refractivity contribution is -0.137. The van der Waals surface area contributed by atoms with E-state index in [1.165, 1.54) is 6.07 Å². The van der Waals surface area contributed by atoms with Crippen LogP contribution in [0.1, 0.15) is 22.5 Å². The minimum Gasteiger partial charge on any atom is -0.364 e. The monoisotopic (exact) mass is 270 g/mol. The molecule has 0 amide bonds. The number of rotatable bonds is 3. The van der Waals surface area contributed by atoms with Crippen LogP contribution in [0.15, 0.2) is 18.3 Å². The maximum Gasteiger partial charge on any atom is 0.417 e. The molecule has 0 unspecified atom stereocenters. The zero-order chi connectivity index (χ0) is 14.0. The average molecular weight is 270 g/mol. The third-order valence-corrected chi connectivity index (χ3v) is 2.88. The first-order chi connectivity index (χ1) is 8.88. The van der Waals surface area contributed by atoms with Crippen molar-refractivity contribution in [3.05, 3.63) is 40.8 Å². The Morgan fingerprint density at radius 1 is 1.26 bits per heavy atom. The van der Waals surface area contributed by atoms with Crippen LogP contribution in [0.3, 0.4) is 0 Å². The van der Waals surface area contributed by atoms with Crippen LogP contribution in [0.2, 0.25) is 0 Å². The Balaban J connectivity index is 2.03. The van der Waals surface area contributed by atoms with Crippen molar-refractivity contribution in [3.8, 4) is 0 Å². The first-order valence-corrected chi connectivity index (χ1v) is 5.65. The van der Waals surface area contributed by atoms with Crippen molar-refractivity contribution in [3.63, 3.8) is 0 Å². The molecule has 2 aromatic rings. The van der Waals surface area contributed by atoms with Gasteiger partial charge in [-0.25, -0.2) is 4.98 Å². The van der Waals surface area contributed by atoms with Crippen molar-refractivity contribution in [1.29, 1.82) is 0 Å². The van der Waals surface area contributed by atoms with E-state index in [4.69, 9.17) is 0 Å². The Labute approximate surface area is 108 Å². The van der Waals surface area contributed by atoms with Crippen molar-refractivity contribution in [2.75, 3.05) is 5.32 Å². The van der Waals surface area contributed by atoms with Crippen molar-refractivity contribution in [1.82, 2.24) is 15.2 Å². The van der Waals surface area contributed by atoms with Crippen LogP contribution >= 0.6 is 0 Å². The van der Waals surface area contributed by atoms with Crippen LogP contribution in [-0.4, -0.2) is 15.2 Å². The molecule has 2 rings (SSSR count). The standard InChI is InChI=1S/C12H13F3N4/c1-7-8(2)18-19-10(7)6-17-11-4-3-9(5-16-11)12(13,14)15/h3-5H,6H2,1-2H3,(H,16,17)(H,18,19). The summed E-state index contributed by atoms with van der Waals surface area (Å²) in [5, 5.41) is 9.87. The van der Waals surface area contributed by atoms with Gasteiger partial charge in [0.05, 0.1) is 17.8 Å². The molecule has 0 atom stereocenters. The summed E-state index contributed by atoms with van der Waals surface area (Å²) < 4.78 is 37.1. The smallest absolute Gasteiger partial charge is 0.364 e. The van der Waals surface area contributed by atoms with Gasteiger partial charge in [0, 0.05) is 11.9 Å². The summed E-state index contributed by atoms with van der Waals surface area (Å²) in [5.41, 5.74) is 2.06. The summed E-state index contributed by atoms with van der Waals surface area (Å²) in [6, 6.07) is 2.30. The van der Waals surface area contributed by atoms with Crippen LogP contribution in [0.25, 0.3) is 0 Å². The number of hydrogen-bond acceptors (Lipinski definition) is 3. The van der Waals surface area contributed by atoms with Gasteiger partial charge < -0.3 is 5.32 Å². The molecule has 19 heavy (non-hydrogen) atoms. The number of nitrogens with zero attached hydrogens (tertiary/aromatic N) is 2. The lowest BCUT2D eigenvalue weighted by atomic mass is 10.2. The van der Waals surface area contributed by atoms with Gasteiger partial charge in [0.2, 0.25) is 0 Å². The van der Waals surface area contributed by atoms with E-state index in [-0.39, 0.29) is 0 Å². The Kier molecular flexibility index (Phi) is 3.46. The number of pyridine rings is 1. The third-order valence-electron chi connectivity index (χ3n) is 2.88. The highest BCUT2D eigenvalue weighted by molar-refractivity contribution is 5.37. The number of hydrogen-bond donors (Lipinski definition) is 2. The highest BCUT2D eigenvalue weighted by Crippen LogP contribution is 2.28. The summed E-state index contributed by atoms with van der Waals surface area (Å²) in [7, 11) is 0. The van der Waals surface area contributed by atoms with Gasteiger partial charge in [0.25, 0.3) is 0 Å². The largest absolute Gasteiger partial charge is 0.417 e. The van der Waals surface area contributed by atoms with E-state index >= 15 is 0 Å². The fourth-order valence-electron chi connectivity index (χ4n) is 1.55. The number of anilines is 1. The molecule has 0 aliphatic rings. The number of halogens is 3. The first kappa shape index (κ1) is 13.4. The van der Waals surface area contributed by atoms with Crippen molar-refractivity contribution in [2.45, 2.75) is 26.6 Å². The number of nitrogens with one attached hydrogen (secondary N) is 2. The molecule has 0 saturated heterocycles. The molecule has 7 heteroatoms. The van der Waals surface area contributed by atoms with Crippen LogP contribution in [0, 0.1) is 13.8 Å². The summed E-state index contributed by atoms with van der Waals surface area (Å²) in [6.07, 6.45) is -3.55. The second-order valence-electron chi connectivity index (χ2n) is 4.20. The minimum atomic E-state index is -4.36. The van der Waals surface area contributed by atoms with E-state index in [9.17, 15) is 13.2 Å². The highest BCUT2D eigenvalue weighted by atomic mass is 19.4. The van der Waals surface area contributed by atoms with Crippen LogP contribution < -0.4 is 5.32 Å². The van der Waals surface area contributed by atoms with Crippen LogP contribution in [0.4, 0.5) is 19.0 Å². The molecule has 0 spiro atoms. The predicted octanol–water partition coefficient (Wildman–Crippen LogP) is 3.05. The van der Waals surface area contributed by atoms with Gasteiger partial charge in [-0.15, -0.1) is 0 Å². The fourth-order valence-corrected chi connectivity index (χ4v) is 1.55. The zero-order valence-electron chi connectivity index (χ0n) is 10.5. The molecule has 102 valence electrons. The van der Waals surface area contributed by atoms with Gasteiger partial charge in [0.1, 0.15) is 5.82 Å². The van der Waals surface area contributed by atoms with Gasteiger partial charge in [-0.2, -0.15) is 18.3 Å². The molecule has 0 aromatic carbocycles. The van der Waals surface area contributed by atoms with Crippen molar-refractivity contribution in [2.24, 2.45) is 0 Å². The summed E-state index contributed by atoms with van der Waals surface area (Å²) in [4.78, 5) is 3.73. The SMILES string of the molecule is Cc1[nH]nc(CNc2ccc(C(F)(F)F)cn2)c1C. The minimum absolute atomic E-state index is 0.382. The van der Waals surface area contributed by atoms with Crippen LogP contribution in [0.5, 0.6) is 0 Å². The number of alkyl halides is 3. The van der Waals surface area contributed by atoms with E-state index in [1.54, 1.807) is 0 Å². The molecular weight excluding hydrogens is 257 g/mol. The van der Waals surface area contributed by atoms with Crippen molar-refractivity contribution >= 4 is 5.82 Å². The average Bonchev–Trinajstić information content (AvgIpc) is 2.67. The summed E-state index contributed by atoms with van der Waals surface area (Å²) in [6.45, 7) is 4.24. The van der Waals surface area contributed by atoms with Gasteiger partial charge in [-0.3, -0.25) is 5.10 Å². The Morgan fingerprint density at radius 3 is 2.47 bits per heavy atom. The lowest BCUT2D eigenvalue weighted by Crippen LogP contribution is -2.07. The molecule has 4 nitrogen and oxygen atoms in total. The van der Waals surface area contributed by atoms with Gasteiger partial charge in [-0.1, -0.05) is 0 Å². The highest BCUT2D eigenvalue weighted by Gasteiger charge is 2.30. The molecule has 0 fully saturated rings. The van der Waals surface area contributed by atoms with E-state index in [0.717, 1.165) is 29.2 Å². The molecule has 0 bridgehead atoms. The van der Waals surface area contributed by atoms with E-state index in [2.05, 4.69) is 20.5 Å². The molecule has 2 heterocycles. The van der Waals surface area contributed by atoms with Gasteiger partial charge in [0.15, 0.2) is 0 Å².